The van der Waals surface area contributed by atoms with Crippen molar-refractivity contribution in [1.29, 1.82) is 0 Å². The van der Waals surface area contributed by atoms with Crippen LogP contribution in [0.1, 0.15) is 30.4 Å². The minimum absolute atomic E-state index is 0.297. The maximum Gasteiger partial charge on any atom is 0.282 e. The number of hydrogen-bond acceptors (Lipinski definition) is 4. The topological polar surface area (TPSA) is 49.9 Å². The fraction of sp³-hybridized carbons (Fsp3) is 0.304. The Kier molecular flexibility index (Phi) is 5.33. The van der Waals surface area contributed by atoms with Crippen LogP contribution in [0.4, 0.5) is 5.69 Å². The molecular formula is C23H23ClN2O3. The molecule has 6 heteroatoms. The van der Waals surface area contributed by atoms with Gasteiger partial charge in [-0.3, -0.25) is 9.59 Å². The molecule has 29 heavy (non-hydrogen) atoms. The van der Waals surface area contributed by atoms with Gasteiger partial charge in [0.25, 0.3) is 11.8 Å². The van der Waals surface area contributed by atoms with Crippen molar-refractivity contribution in [3.63, 3.8) is 0 Å². The first-order chi connectivity index (χ1) is 14.0. The third kappa shape index (κ3) is 3.51. The van der Waals surface area contributed by atoms with Crippen LogP contribution in [0.15, 0.2) is 48.2 Å². The molecule has 150 valence electrons. The highest BCUT2D eigenvalue weighted by atomic mass is 35.5. The van der Waals surface area contributed by atoms with Crippen LogP contribution in [0.25, 0.3) is 5.57 Å². The van der Waals surface area contributed by atoms with Crippen molar-refractivity contribution >= 4 is 34.7 Å². The number of hydrogen-bond donors (Lipinski definition) is 0. The van der Waals surface area contributed by atoms with E-state index in [-0.39, 0.29) is 11.8 Å². The van der Waals surface area contributed by atoms with Gasteiger partial charge in [0.15, 0.2) is 0 Å². The molecule has 0 saturated carbocycles. The standard InChI is InChI=1S/C23H23ClN2O3/c1-15-6-8-16(9-7-15)20-21(25-12-4-3-5-13-25)23(28)26(22(20)27)17-10-11-19(29-2)18(24)14-17/h6-11,14H,3-5,12-13H2,1-2H3. The van der Waals surface area contributed by atoms with E-state index in [2.05, 4.69) is 4.90 Å². The van der Waals surface area contributed by atoms with Crippen LogP contribution in [-0.2, 0) is 9.59 Å². The molecule has 2 aromatic carbocycles. The second-order valence-corrected chi connectivity index (χ2v) is 7.81. The second kappa shape index (κ2) is 7.91. The first kappa shape index (κ1) is 19.5. The highest BCUT2D eigenvalue weighted by Gasteiger charge is 2.42. The molecule has 4 rings (SSSR count). The zero-order valence-corrected chi connectivity index (χ0v) is 17.3. The minimum atomic E-state index is -0.319. The number of imide groups is 1. The van der Waals surface area contributed by atoms with Gasteiger partial charge in [-0.1, -0.05) is 41.4 Å². The normalized spacial score (nSPS) is 17.3. The van der Waals surface area contributed by atoms with E-state index < -0.39 is 0 Å². The van der Waals surface area contributed by atoms with Crippen molar-refractivity contribution in [3.8, 4) is 5.75 Å². The summed E-state index contributed by atoms with van der Waals surface area (Å²) in [6, 6.07) is 12.7. The van der Waals surface area contributed by atoms with E-state index in [9.17, 15) is 9.59 Å². The number of aryl methyl sites for hydroxylation is 1. The Balaban J connectivity index is 1.81. The summed E-state index contributed by atoms with van der Waals surface area (Å²) in [7, 11) is 1.53. The Morgan fingerprint density at radius 2 is 1.62 bits per heavy atom. The quantitative estimate of drug-likeness (QED) is 0.700. The van der Waals surface area contributed by atoms with Crippen molar-refractivity contribution < 1.29 is 14.3 Å². The van der Waals surface area contributed by atoms with Crippen molar-refractivity contribution in [3.05, 3.63) is 64.3 Å². The van der Waals surface area contributed by atoms with E-state index in [1.54, 1.807) is 18.2 Å². The summed E-state index contributed by atoms with van der Waals surface area (Å²) in [4.78, 5) is 30.2. The molecule has 2 aliphatic heterocycles. The number of halogens is 1. The Bertz CT molecular complexity index is 992. The molecule has 2 heterocycles. The van der Waals surface area contributed by atoms with E-state index >= 15 is 0 Å². The predicted octanol–water partition coefficient (Wildman–Crippen LogP) is 4.43. The van der Waals surface area contributed by atoms with Gasteiger partial charge in [0.1, 0.15) is 11.4 Å². The van der Waals surface area contributed by atoms with Gasteiger partial charge in [0.05, 0.1) is 23.4 Å². The van der Waals surface area contributed by atoms with Crippen molar-refractivity contribution in [2.24, 2.45) is 0 Å². The van der Waals surface area contributed by atoms with Crippen molar-refractivity contribution in [2.75, 3.05) is 25.1 Å². The summed E-state index contributed by atoms with van der Waals surface area (Å²) >= 11 is 6.26. The van der Waals surface area contributed by atoms with E-state index in [0.29, 0.717) is 27.7 Å². The van der Waals surface area contributed by atoms with Crippen LogP contribution < -0.4 is 9.64 Å². The van der Waals surface area contributed by atoms with Crippen molar-refractivity contribution in [1.82, 2.24) is 4.90 Å². The fourth-order valence-corrected chi connectivity index (χ4v) is 4.19. The van der Waals surface area contributed by atoms with Crippen LogP contribution in [0.5, 0.6) is 5.75 Å². The second-order valence-electron chi connectivity index (χ2n) is 7.40. The molecule has 1 fully saturated rings. The van der Waals surface area contributed by atoms with E-state index in [4.69, 9.17) is 16.3 Å². The van der Waals surface area contributed by atoms with Gasteiger partial charge in [0, 0.05) is 13.1 Å². The number of rotatable bonds is 4. The van der Waals surface area contributed by atoms with Gasteiger partial charge in [-0.05, 0) is 49.9 Å². The van der Waals surface area contributed by atoms with E-state index in [0.717, 1.165) is 43.5 Å². The zero-order valence-electron chi connectivity index (χ0n) is 16.6. The highest BCUT2D eigenvalue weighted by Crippen LogP contribution is 2.38. The molecule has 2 aliphatic rings. The number of carbonyl (C=O) groups excluding carboxylic acids is 2. The van der Waals surface area contributed by atoms with Gasteiger partial charge < -0.3 is 9.64 Å². The van der Waals surface area contributed by atoms with E-state index in [1.165, 1.54) is 12.0 Å². The lowest BCUT2D eigenvalue weighted by Gasteiger charge is -2.29. The van der Waals surface area contributed by atoms with Crippen LogP contribution in [0, 0.1) is 6.92 Å². The summed E-state index contributed by atoms with van der Waals surface area (Å²) < 4.78 is 5.20. The number of nitrogens with zero attached hydrogens (tertiary/aromatic N) is 2. The summed E-state index contributed by atoms with van der Waals surface area (Å²) in [6.07, 6.45) is 3.17. The number of anilines is 1. The fourth-order valence-electron chi connectivity index (χ4n) is 3.94. The van der Waals surface area contributed by atoms with Gasteiger partial charge in [0.2, 0.25) is 0 Å². The Morgan fingerprint density at radius 3 is 2.24 bits per heavy atom. The average Bonchev–Trinajstić information content (AvgIpc) is 2.99. The summed E-state index contributed by atoms with van der Waals surface area (Å²) in [5.74, 6) is -0.119. The number of ether oxygens (including phenoxy) is 1. The van der Waals surface area contributed by atoms with Crippen LogP contribution in [-0.4, -0.2) is 36.9 Å². The van der Waals surface area contributed by atoms with Crippen LogP contribution >= 0.6 is 11.6 Å². The van der Waals surface area contributed by atoms with Gasteiger partial charge in [-0.15, -0.1) is 0 Å². The Labute approximate surface area is 175 Å². The van der Waals surface area contributed by atoms with Crippen LogP contribution in [0.2, 0.25) is 5.02 Å². The van der Waals surface area contributed by atoms with Gasteiger partial charge in [-0.2, -0.15) is 0 Å². The number of carbonyl (C=O) groups is 2. The van der Waals surface area contributed by atoms with Crippen LogP contribution in [0.3, 0.4) is 0 Å². The van der Waals surface area contributed by atoms with Gasteiger partial charge in [-0.25, -0.2) is 4.90 Å². The number of methoxy groups -OCH3 is 1. The summed E-state index contributed by atoms with van der Waals surface area (Å²) in [5, 5.41) is 0.355. The third-order valence-electron chi connectivity index (χ3n) is 5.47. The molecule has 5 nitrogen and oxygen atoms in total. The SMILES string of the molecule is COc1ccc(N2C(=O)C(c3ccc(C)cc3)=C(N3CCCCC3)C2=O)cc1Cl. The lowest BCUT2D eigenvalue weighted by Crippen LogP contribution is -2.37. The molecule has 2 aromatic rings. The molecule has 0 bridgehead atoms. The van der Waals surface area contributed by atoms with E-state index in [1.807, 2.05) is 31.2 Å². The largest absolute Gasteiger partial charge is 0.495 e. The van der Waals surface area contributed by atoms with Crippen molar-refractivity contribution in [2.45, 2.75) is 26.2 Å². The Morgan fingerprint density at radius 1 is 0.931 bits per heavy atom. The number of benzene rings is 2. The highest BCUT2D eigenvalue weighted by molar-refractivity contribution is 6.45. The molecule has 0 unspecified atom stereocenters. The number of amides is 2. The summed E-state index contributed by atoms with van der Waals surface area (Å²) in [5.41, 5.74) is 3.26. The zero-order chi connectivity index (χ0) is 20.5. The molecule has 0 atom stereocenters. The maximum absolute atomic E-state index is 13.5. The maximum atomic E-state index is 13.5. The minimum Gasteiger partial charge on any atom is -0.495 e. The molecule has 0 aliphatic carbocycles. The molecule has 0 radical (unpaired) electrons. The number of piperidine rings is 1. The molecule has 0 N–H and O–H groups in total. The monoisotopic (exact) mass is 410 g/mol. The molecular weight excluding hydrogens is 388 g/mol. The third-order valence-corrected chi connectivity index (χ3v) is 5.76. The average molecular weight is 411 g/mol. The first-order valence-corrected chi connectivity index (χ1v) is 10.2. The van der Waals surface area contributed by atoms with Gasteiger partial charge >= 0.3 is 0 Å². The molecule has 2 amide bonds. The first-order valence-electron chi connectivity index (χ1n) is 9.80. The molecule has 1 saturated heterocycles. The predicted molar refractivity (Wildman–Crippen MR) is 114 cm³/mol. The lowest BCUT2D eigenvalue weighted by molar-refractivity contribution is -0.120. The lowest BCUT2D eigenvalue weighted by atomic mass is 10.0. The molecule has 0 aromatic heterocycles. The smallest absolute Gasteiger partial charge is 0.282 e. The molecule has 0 spiro atoms. The number of likely N-dealkylation sites (tertiary alicyclic amines) is 1. The summed E-state index contributed by atoms with van der Waals surface area (Å²) in [6.45, 7) is 3.55. The Hall–Kier alpha value is -2.79.